The molecule has 4 aromatic heterocycles. The summed E-state index contributed by atoms with van der Waals surface area (Å²) in [7, 11) is 0. The van der Waals surface area contributed by atoms with Crippen LogP contribution >= 0.6 is 77.2 Å². The summed E-state index contributed by atoms with van der Waals surface area (Å²) in [5.74, 6) is 0. The molecule has 0 aliphatic heterocycles. The lowest BCUT2D eigenvalue weighted by Gasteiger charge is -2.09. The Bertz CT molecular complexity index is 2680. The predicted molar refractivity (Wildman–Crippen MR) is 295 cm³/mol. The molecule has 0 spiro atoms. The highest BCUT2D eigenvalue weighted by atomic mass is 79.9. The largest absolute Gasteiger partial charge is 0.134 e. The molecule has 2 aliphatic carbocycles. The standard InChI is InChI=1S/C58H66Br2S4/c1-5-9-13-17-23-39-33-47(57-41(35-49(59)63-57)25-19-15-11-7-3)61-55(39)45-31-37-27-21-30-44-51(37)53(45)43-29-22-28-38-32-46(54(44)52(38)43)56-40(24-18-14-10-6-2)34-48(62-56)58-42(36-50(60)64-58)26-20-16-12-8-4/h21-22,27-30,33-36H,5-20,23-26,31-32H2,1-4H3. The number of benzene rings is 3. The third-order valence-corrected chi connectivity index (χ3v) is 20.2. The second kappa shape index (κ2) is 21.8. The number of rotatable bonds is 24. The van der Waals surface area contributed by atoms with Gasteiger partial charge in [0.25, 0.3) is 0 Å². The molecule has 0 bridgehead atoms. The fourth-order valence-corrected chi connectivity index (χ4v) is 17.0. The van der Waals surface area contributed by atoms with Crippen LogP contribution in [0.3, 0.4) is 0 Å². The van der Waals surface area contributed by atoms with Gasteiger partial charge in [-0.05, 0) is 184 Å². The number of aryl methyl sites for hydroxylation is 4. The van der Waals surface area contributed by atoms with Crippen molar-refractivity contribution in [1.29, 1.82) is 0 Å². The fraction of sp³-hybridized carbons (Fsp3) is 0.448. The molecule has 0 amide bonds. The second-order valence-corrected chi connectivity index (χ2v) is 25.7. The quantitative estimate of drug-likeness (QED) is 0.0418. The lowest BCUT2D eigenvalue weighted by atomic mass is 9.96. The molecule has 0 fully saturated rings. The van der Waals surface area contributed by atoms with Crippen LogP contribution < -0.4 is 10.4 Å². The molecule has 0 unspecified atom stereocenters. The van der Waals surface area contributed by atoms with E-state index in [1.54, 1.807) is 32.0 Å². The molecule has 0 saturated heterocycles. The SMILES string of the molecule is CCCCCCc1cc(-c2sc(Br)cc2CCCCCC)sc1C1=c2c3cccc4c3c(c3cccc(c23)C1)=C(c1sc(-c2sc(Br)cc2CCCCCC)cc1CCCCCC)C4. The van der Waals surface area contributed by atoms with Gasteiger partial charge >= 0.3 is 0 Å². The summed E-state index contributed by atoms with van der Waals surface area (Å²) in [5, 5.41) is 9.08. The maximum atomic E-state index is 3.93. The van der Waals surface area contributed by atoms with E-state index in [0.29, 0.717) is 0 Å². The Kier molecular flexibility index (Phi) is 15.9. The molecular weight excluding hydrogens is 985 g/mol. The molecule has 64 heavy (non-hydrogen) atoms. The number of fused-ring (bicyclic) bond motifs is 2. The fourth-order valence-electron chi connectivity index (χ4n) is 10.9. The maximum Gasteiger partial charge on any atom is 0.0708 e. The van der Waals surface area contributed by atoms with Crippen molar-refractivity contribution in [1.82, 2.24) is 0 Å². The van der Waals surface area contributed by atoms with Crippen molar-refractivity contribution in [3.63, 3.8) is 0 Å². The molecule has 9 rings (SSSR count). The normalized spacial score (nSPS) is 13.3. The zero-order chi connectivity index (χ0) is 44.2. The number of unbranched alkanes of at least 4 members (excludes halogenated alkanes) is 12. The van der Waals surface area contributed by atoms with Gasteiger partial charge in [-0.3, -0.25) is 0 Å². The minimum Gasteiger partial charge on any atom is -0.134 e. The van der Waals surface area contributed by atoms with E-state index in [2.05, 4.69) is 143 Å². The van der Waals surface area contributed by atoms with Crippen LogP contribution in [0.25, 0.3) is 52.2 Å². The Hall–Kier alpha value is -2.32. The molecule has 4 heterocycles. The molecule has 0 saturated carbocycles. The van der Waals surface area contributed by atoms with E-state index in [4.69, 9.17) is 0 Å². The van der Waals surface area contributed by atoms with Crippen molar-refractivity contribution >= 4 is 110 Å². The maximum absolute atomic E-state index is 3.93. The van der Waals surface area contributed by atoms with Crippen LogP contribution in [-0.4, -0.2) is 0 Å². The third kappa shape index (κ3) is 9.68. The molecule has 0 N–H and O–H groups in total. The van der Waals surface area contributed by atoms with Gasteiger partial charge in [0.2, 0.25) is 0 Å². The third-order valence-electron chi connectivity index (χ3n) is 14.0. The van der Waals surface area contributed by atoms with Gasteiger partial charge in [-0.15, -0.1) is 45.3 Å². The molecule has 2 aliphatic rings. The molecule has 0 nitrogen and oxygen atoms in total. The van der Waals surface area contributed by atoms with Crippen LogP contribution in [0, 0.1) is 0 Å². The summed E-state index contributed by atoms with van der Waals surface area (Å²) in [5.41, 5.74) is 12.4. The summed E-state index contributed by atoms with van der Waals surface area (Å²) in [4.78, 5) is 9.05. The first-order valence-corrected chi connectivity index (χ1v) is 29.8. The smallest absolute Gasteiger partial charge is 0.0708 e. The molecule has 3 aromatic carbocycles. The van der Waals surface area contributed by atoms with Crippen LogP contribution in [0.1, 0.15) is 174 Å². The van der Waals surface area contributed by atoms with Crippen molar-refractivity contribution in [3.05, 3.63) is 122 Å². The lowest BCUT2D eigenvalue weighted by molar-refractivity contribution is 0.667. The van der Waals surface area contributed by atoms with Gasteiger partial charge in [0.15, 0.2) is 0 Å². The van der Waals surface area contributed by atoms with E-state index in [9.17, 15) is 0 Å². The van der Waals surface area contributed by atoms with Crippen molar-refractivity contribution < 1.29 is 0 Å². The van der Waals surface area contributed by atoms with Gasteiger partial charge < -0.3 is 0 Å². The van der Waals surface area contributed by atoms with Crippen molar-refractivity contribution in [2.45, 2.75) is 169 Å². The van der Waals surface area contributed by atoms with Gasteiger partial charge in [-0.1, -0.05) is 141 Å². The van der Waals surface area contributed by atoms with Crippen molar-refractivity contribution in [2.75, 3.05) is 0 Å². The van der Waals surface area contributed by atoms with E-state index in [-0.39, 0.29) is 0 Å². The number of hydrogen-bond donors (Lipinski definition) is 0. The molecule has 336 valence electrons. The van der Waals surface area contributed by atoms with E-state index in [1.807, 2.05) is 22.7 Å². The van der Waals surface area contributed by atoms with Gasteiger partial charge in [0, 0.05) is 42.1 Å². The Morgan fingerprint density at radius 1 is 0.406 bits per heavy atom. The first-order chi connectivity index (χ1) is 31.4. The van der Waals surface area contributed by atoms with Crippen LogP contribution in [0.15, 0.2) is 68.2 Å². The van der Waals surface area contributed by atoms with Gasteiger partial charge in [-0.2, -0.15) is 0 Å². The second-order valence-electron chi connectivity index (χ2n) is 18.7. The molecule has 7 aromatic rings. The summed E-state index contributed by atoms with van der Waals surface area (Å²) < 4.78 is 2.53. The Morgan fingerprint density at radius 3 is 1.12 bits per heavy atom. The first-order valence-electron chi connectivity index (χ1n) is 25.0. The summed E-state index contributed by atoms with van der Waals surface area (Å²) in [6.45, 7) is 9.30. The summed E-state index contributed by atoms with van der Waals surface area (Å²) in [6.07, 6.45) is 27.4. The van der Waals surface area contributed by atoms with Crippen LogP contribution in [-0.2, 0) is 38.5 Å². The minimum atomic E-state index is 1.02. The molecule has 0 radical (unpaired) electrons. The average Bonchev–Trinajstić information content (AvgIpc) is 4.16. The Labute approximate surface area is 416 Å². The summed E-state index contributed by atoms with van der Waals surface area (Å²) in [6, 6.07) is 24.7. The number of halogens is 2. The van der Waals surface area contributed by atoms with E-state index < -0.39 is 0 Å². The van der Waals surface area contributed by atoms with Gasteiger partial charge in [0.1, 0.15) is 0 Å². The monoisotopic (exact) mass is 1050 g/mol. The zero-order valence-electron chi connectivity index (χ0n) is 38.7. The van der Waals surface area contributed by atoms with E-state index >= 15 is 0 Å². The van der Waals surface area contributed by atoms with E-state index in [0.717, 1.165) is 25.7 Å². The van der Waals surface area contributed by atoms with Crippen LogP contribution in [0.5, 0.6) is 0 Å². The van der Waals surface area contributed by atoms with Gasteiger partial charge in [-0.25, -0.2) is 0 Å². The first kappa shape index (κ1) is 46.8. The highest BCUT2D eigenvalue weighted by molar-refractivity contribution is 9.11. The number of thiophene rings is 4. The molecule has 6 heteroatoms. The highest BCUT2D eigenvalue weighted by Gasteiger charge is 2.29. The van der Waals surface area contributed by atoms with E-state index in [1.165, 1.54) is 197 Å². The van der Waals surface area contributed by atoms with Crippen LogP contribution in [0.2, 0.25) is 0 Å². The zero-order valence-corrected chi connectivity index (χ0v) is 45.2. The van der Waals surface area contributed by atoms with Gasteiger partial charge in [0.05, 0.1) is 7.57 Å². The Morgan fingerprint density at radius 2 is 0.766 bits per heavy atom. The topological polar surface area (TPSA) is 0 Å². The number of hydrogen-bond acceptors (Lipinski definition) is 4. The summed E-state index contributed by atoms with van der Waals surface area (Å²) >= 11 is 16.0. The molecular formula is C58H66Br2S4. The lowest BCUT2D eigenvalue weighted by Crippen LogP contribution is -2.16. The predicted octanol–water partition coefficient (Wildman–Crippen LogP) is 19.1. The highest BCUT2D eigenvalue weighted by Crippen LogP contribution is 2.47. The van der Waals surface area contributed by atoms with Crippen molar-refractivity contribution in [2.24, 2.45) is 0 Å². The van der Waals surface area contributed by atoms with Crippen molar-refractivity contribution in [3.8, 4) is 19.5 Å². The molecule has 0 atom stereocenters. The Balaban J connectivity index is 1.22. The average molecular weight is 1050 g/mol. The minimum absolute atomic E-state index is 1.02. The van der Waals surface area contributed by atoms with Crippen LogP contribution in [0.4, 0.5) is 0 Å².